The van der Waals surface area contributed by atoms with Gasteiger partial charge in [-0.25, -0.2) is 0 Å². The second-order valence-corrected chi connectivity index (χ2v) is 8.45. The summed E-state index contributed by atoms with van der Waals surface area (Å²) in [7, 11) is 1.78. The number of para-hydroxylation sites is 2. The van der Waals surface area contributed by atoms with Crippen molar-refractivity contribution in [2.45, 2.75) is 18.4 Å². The minimum absolute atomic E-state index is 0.298. The first kappa shape index (κ1) is 22.5. The molecule has 170 valence electrons. The van der Waals surface area contributed by atoms with Crippen LogP contribution in [-0.4, -0.2) is 36.1 Å². The number of anilines is 2. The number of fused-ring (bicyclic) bond motifs is 1. The maximum atomic E-state index is 12.6. The minimum atomic E-state index is -0.728. The van der Waals surface area contributed by atoms with E-state index in [0.717, 1.165) is 23.5 Å². The Morgan fingerprint density at radius 2 is 1.70 bits per heavy atom. The van der Waals surface area contributed by atoms with Crippen LogP contribution in [0.15, 0.2) is 84.1 Å². The van der Waals surface area contributed by atoms with Crippen molar-refractivity contribution in [2.75, 3.05) is 24.2 Å². The van der Waals surface area contributed by atoms with Gasteiger partial charge in [0.25, 0.3) is 5.91 Å². The molecule has 2 aromatic rings. The molecule has 1 aliphatic carbocycles. The summed E-state index contributed by atoms with van der Waals surface area (Å²) < 4.78 is 0. The van der Waals surface area contributed by atoms with E-state index in [0.29, 0.717) is 23.7 Å². The van der Waals surface area contributed by atoms with Gasteiger partial charge in [-0.05, 0) is 61.5 Å². The van der Waals surface area contributed by atoms with E-state index in [1.807, 2.05) is 72.8 Å². The van der Waals surface area contributed by atoms with Gasteiger partial charge in [0.2, 0.25) is 5.91 Å². The molecule has 7 nitrogen and oxygen atoms in total. The van der Waals surface area contributed by atoms with Crippen molar-refractivity contribution >= 4 is 40.5 Å². The fraction of sp³-hybridized carbons (Fsp3) is 0.240. The number of carbonyl (C=O) groups excluding carboxylic acids is 2. The van der Waals surface area contributed by atoms with Crippen molar-refractivity contribution in [3.05, 3.63) is 84.1 Å². The van der Waals surface area contributed by atoms with Crippen LogP contribution >= 0.6 is 12.2 Å². The number of carbonyl (C=O) groups is 2. The predicted molar refractivity (Wildman–Crippen MR) is 135 cm³/mol. The number of rotatable bonds is 8. The van der Waals surface area contributed by atoms with Gasteiger partial charge in [0.1, 0.15) is 0 Å². The third-order valence-corrected chi connectivity index (χ3v) is 6.14. The molecule has 2 aliphatic rings. The summed E-state index contributed by atoms with van der Waals surface area (Å²) in [6.45, 7) is 0.661. The van der Waals surface area contributed by atoms with Gasteiger partial charge in [0.05, 0.1) is 11.5 Å². The molecule has 2 atom stereocenters. The van der Waals surface area contributed by atoms with Gasteiger partial charge in [-0.1, -0.05) is 36.4 Å². The number of benzene rings is 2. The van der Waals surface area contributed by atoms with Gasteiger partial charge < -0.3 is 21.3 Å². The second-order valence-electron chi connectivity index (χ2n) is 8.04. The zero-order valence-electron chi connectivity index (χ0n) is 18.4. The Hall–Kier alpha value is -3.65. The van der Waals surface area contributed by atoms with Crippen LogP contribution in [0.25, 0.3) is 0 Å². The normalized spacial score (nSPS) is 21.3. The lowest BCUT2D eigenvalue weighted by Crippen LogP contribution is -2.45. The molecule has 1 aliphatic heterocycles. The first-order valence-electron chi connectivity index (χ1n) is 10.9. The van der Waals surface area contributed by atoms with Crippen molar-refractivity contribution in [2.24, 2.45) is 5.92 Å². The van der Waals surface area contributed by atoms with Crippen molar-refractivity contribution in [3.8, 4) is 0 Å². The highest BCUT2D eigenvalue weighted by Gasteiger charge is 2.45. The fourth-order valence-corrected chi connectivity index (χ4v) is 4.27. The molecule has 1 fully saturated rings. The lowest BCUT2D eigenvalue weighted by molar-refractivity contribution is -0.125. The molecule has 2 unspecified atom stereocenters. The van der Waals surface area contributed by atoms with E-state index in [4.69, 9.17) is 12.2 Å². The monoisotopic (exact) mass is 461 g/mol. The summed E-state index contributed by atoms with van der Waals surface area (Å²) in [5.41, 5.74) is 2.39. The summed E-state index contributed by atoms with van der Waals surface area (Å²) in [5.74, 6) is -1.24. The predicted octanol–water partition coefficient (Wildman–Crippen LogP) is 2.92. The number of nitrogens with one attached hydrogen (secondary N) is 5. The van der Waals surface area contributed by atoms with Crippen LogP contribution in [0.2, 0.25) is 0 Å². The second kappa shape index (κ2) is 9.87. The van der Waals surface area contributed by atoms with Crippen molar-refractivity contribution in [3.63, 3.8) is 0 Å². The largest absolute Gasteiger partial charge is 0.371 e. The zero-order valence-corrected chi connectivity index (χ0v) is 19.2. The molecule has 2 aromatic carbocycles. The standard InChI is InChI=1S/C25H27N5O2S/c1-26-24(33)27-14-8-13-25(30-18-11-6-3-7-12-18)16-20-19(22(31)29-23(20)32)15-21(25)28-17-9-4-2-5-10-17/h2-7,9-12,15-16,19,28,30H,8,13-14H2,1H3,(H2,26,27,33)(H,29,31,32). The number of amides is 2. The first-order chi connectivity index (χ1) is 16.0. The summed E-state index contributed by atoms with van der Waals surface area (Å²) in [6, 6.07) is 19.7. The Morgan fingerprint density at radius 1 is 1.03 bits per heavy atom. The van der Waals surface area contributed by atoms with Crippen LogP contribution in [0.5, 0.6) is 0 Å². The number of imide groups is 1. The lowest BCUT2D eigenvalue weighted by atomic mass is 9.78. The highest BCUT2D eigenvalue weighted by Crippen LogP contribution is 2.39. The summed E-state index contributed by atoms with van der Waals surface area (Å²) >= 11 is 5.19. The average Bonchev–Trinajstić information content (AvgIpc) is 3.10. The van der Waals surface area contributed by atoms with Gasteiger partial charge in [0, 0.05) is 36.2 Å². The minimum Gasteiger partial charge on any atom is -0.371 e. The Labute approximate surface area is 198 Å². The van der Waals surface area contributed by atoms with Gasteiger partial charge in [-0.2, -0.15) is 0 Å². The Morgan fingerprint density at radius 3 is 2.36 bits per heavy atom. The molecule has 2 amide bonds. The van der Waals surface area contributed by atoms with Gasteiger partial charge >= 0.3 is 0 Å². The molecule has 1 saturated heterocycles. The smallest absolute Gasteiger partial charge is 0.254 e. The SMILES string of the molecule is CNC(=S)NCCCC1(Nc2ccccc2)C=C2C(=O)NC(=O)C2C=C1Nc1ccccc1. The van der Waals surface area contributed by atoms with Gasteiger partial charge in [-0.3, -0.25) is 14.9 Å². The Kier molecular flexibility index (Phi) is 6.74. The van der Waals surface area contributed by atoms with Gasteiger partial charge in [0.15, 0.2) is 5.11 Å². The lowest BCUT2D eigenvalue weighted by Gasteiger charge is -2.39. The third kappa shape index (κ3) is 5.06. The Bertz CT molecular complexity index is 1100. The topological polar surface area (TPSA) is 94.3 Å². The molecule has 33 heavy (non-hydrogen) atoms. The first-order valence-corrected chi connectivity index (χ1v) is 11.3. The number of hydrogen-bond acceptors (Lipinski definition) is 5. The van der Waals surface area contributed by atoms with E-state index in [9.17, 15) is 9.59 Å². The third-order valence-electron chi connectivity index (χ3n) is 5.79. The molecule has 0 radical (unpaired) electrons. The van der Waals surface area contributed by atoms with E-state index in [2.05, 4.69) is 26.6 Å². The van der Waals surface area contributed by atoms with Crippen LogP contribution in [0.3, 0.4) is 0 Å². The molecule has 0 aromatic heterocycles. The molecule has 1 heterocycles. The molecule has 8 heteroatoms. The van der Waals surface area contributed by atoms with Crippen molar-refractivity contribution in [1.82, 2.24) is 16.0 Å². The highest BCUT2D eigenvalue weighted by atomic mass is 32.1. The molecular formula is C25H27N5O2S. The maximum Gasteiger partial charge on any atom is 0.254 e. The molecule has 0 bridgehead atoms. The molecule has 4 rings (SSSR count). The van der Waals surface area contributed by atoms with Crippen LogP contribution in [-0.2, 0) is 9.59 Å². The molecular weight excluding hydrogens is 434 g/mol. The molecule has 5 N–H and O–H groups in total. The van der Waals surface area contributed by atoms with E-state index >= 15 is 0 Å². The average molecular weight is 462 g/mol. The number of hydrogen-bond donors (Lipinski definition) is 5. The van der Waals surface area contributed by atoms with Crippen molar-refractivity contribution < 1.29 is 9.59 Å². The molecule has 0 spiro atoms. The number of thiocarbonyl (C=S) groups is 1. The Balaban J connectivity index is 1.72. The van der Waals surface area contributed by atoms with E-state index in [1.54, 1.807) is 7.05 Å². The zero-order chi connectivity index (χ0) is 23.3. The van der Waals surface area contributed by atoms with Crippen LogP contribution in [0.4, 0.5) is 11.4 Å². The summed E-state index contributed by atoms with van der Waals surface area (Å²) in [5, 5.41) is 16.3. The fourth-order valence-electron chi connectivity index (χ4n) is 4.16. The van der Waals surface area contributed by atoms with Crippen LogP contribution in [0.1, 0.15) is 12.8 Å². The molecule has 0 saturated carbocycles. The highest BCUT2D eigenvalue weighted by molar-refractivity contribution is 7.80. The van der Waals surface area contributed by atoms with Crippen molar-refractivity contribution in [1.29, 1.82) is 0 Å². The maximum absolute atomic E-state index is 12.6. The summed E-state index contributed by atoms with van der Waals surface area (Å²) in [4.78, 5) is 25.0. The summed E-state index contributed by atoms with van der Waals surface area (Å²) in [6.07, 6.45) is 5.20. The van der Waals surface area contributed by atoms with Crippen LogP contribution in [0, 0.1) is 5.92 Å². The van der Waals surface area contributed by atoms with Crippen LogP contribution < -0.4 is 26.6 Å². The van der Waals surface area contributed by atoms with E-state index in [1.165, 1.54) is 0 Å². The van der Waals surface area contributed by atoms with E-state index in [-0.39, 0.29) is 11.8 Å². The van der Waals surface area contributed by atoms with E-state index < -0.39 is 11.5 Å². The van der Waals surface area contributed by atoms with Gasteiger partial charge in [-0.15, -0.1) is 0 Å². The quantitative estimate of drug-likeness (QED) is 0.234.